The first-order valence-corrected chi connectivity index (χ1v) is 10.5. The van der Waals surface area contributed by atoms with Gasteiger partial charge < -0.3 is 14.9 Å². The van der Waals surface area contributed by atoms with Crippen LogP contribution in [0.4, 0.5) is 5.13 Å². The summed E-state index contributed by atoms with van der Waals surface area (Å²) in [6.07, 6.45) is 3.54. The van der Waals surface area contributed by atoms with E-state index >= 15 is 0 Å². The first-order chi connectivity index (χ1) is 14.4. The van der Waals surface area contributed by atoms with Gasteiger partial charge in [0, 0.05) is 19.8 Å². The van der Waals surface area contributed by atoms with Crippen molar-refractivity contribution >= 4 is 50.4 Å². The molecule has 1 heterocycles. The summed E-state index contributed by atoms with van der Waals surface area (Å²) in [7, 11) is 0. The second kappa shape index (κ2) is 11.9. The van der Waals surface area contributed by atoms with E-state index in [1.807, 2.05) is 0 Å². The molecule has 0 aliphatic rings. The third-order valence-corrected chi connectivity index (χ3v) is 4.95. The number of fused-ring (bicyclic) bond motifs is 1. The molecule has 0 radical (unpaired) electrons. The van der Waals surface area contributed by atoms with Crippen LogP contribution in [0.15, 0.2) is 18.2 Å². The summed E-state index contributed by atoms with van der Waals surface area (Å²) in [4.78, 5) is 54.6. The van der Waals surface area contributed by atoms with E-state index in [0.29, 0.717) is 42.1 Å². The van der Waals surface area contributed by atoms with Gasteiger partial charge in [-0.3, -0.25) is 14.4 Å². The largest absolute Gasteiger partial charge is 0.462 e. The number of benzene rings is 1. The van der Waals surface area contributed by atoms with E-state index in [1.165, 1.54) is 18.3 Å². The molecule has 0 bridgehead atoms. The second-order valence-electron chi connectivity index (χ2n) is 6.50. The lowest BCUT2D eigenvalue weighted by Gasteiger charge is -2.04. The van der Waals surface area contributed by atoms with Crippen LogP contribution < -0.4 is 10.8 Å². The number of esters is 1. The van der Waals surface area contributed by atoms with Gasteiger partial charge in [-0.2, -0.15) is 5.48 Å². The minimum atomic E-state index is -0.568. The Bertz CT molecular complexity index is 911. The van der Waals surface area contributed by atoms with Gasteiger partial charge in [-0.25, -0.2) is 9.78 Å². The molecule has 0 saturated carbocycles. The van der Waals surface area contributed by atoms with Crippen LogP contribution in [0.2, 0.25) is 0 Å². The number of nitrogens with one attached hydrogen (secondary N) is 2. The van der Waals surface area contributed by atoms with Crippen molar-refractivity contribution in [1.82, 2.24) is 10.5 Å². The first-order valence-electron chi connectivity index (χ1n) is 9.73. The monoisotopic (exact) mass is 435 g/mol. The first kappa shape index (κ1) is 23.3. The number of amides is 2. The van der Waals surface area contributed by atoms with Crippen LogP contribution in [0.25, 0.3) is 10.2 Å². The average Bonchev–Trinajstić information content (AvgIpc) is 3.10. The smallest absolute Gasteiger partial charge is 0.338 e. The predicted octanol–water partition coefficient (Wildman–Crippen LogP) is 3.35. The molecule has 162 valence electrons. The van der Waals surface area contributed by atoms with Crippen LogP contribution >= 0.6 is 11.3 Å². The molecule has 1 aromatic carbocycles. The number of nitrogens with zero attached hydrogens (tertiary/aromatic N) is 1. The Hall–Kier alpha value is -3.01. The molecule has 9 nitrogen and oxygen atoms in total. The summed E-state index contributed by atoms with van der Waals surface area (Å²) < 4.78 is 5.78. The van der Waals surface area contributed by atoms with Crippen LogP contribution in [-0.4, -0.2) is 35.3 Å². The Morgan fingerprint density at radius 1 is 1.03 bits per heavy atom. The van der Waals surface area contributed by atoms with Crippen LogP contribution in [0.5, 0.6) is 0 Å². The van der Waals surface area contributed by atoms with Crippen molar-refractivity contribution < 1.29 is 28.8 Å². The van der Waals surface area contributed by atoms with E-state index < -0.39 is 5.97 Å². The molecule has 2 amide bonds. The molecule has 30 heavy (non-hydrogen) atoms. The third kappa shape index (κ3) is 7.78. The number of rotatable bonds is 10. The van der Waals surface area contributed by atoms with Crippen molar-refractivity contribution in [2.75, 3.05) is 11.9 Å². The van der Waals surface area contributed by atoms with E-state index in [9.17, 15) is 19.2 Å². The third-order valence-electron chi connectivity index (χ3n) is 4.01. The van der Waals surface area contributed by atoms with Crippen LogP contribution in [0.1, 0.15) is 62.7 Å². The maximum Gasteiger partial charge on any atom is 0.338 e. The zero-order valence-electron chi connectivity index (χ0n) is 17.0. The number of thiazole rings is 1. The van der Waals surface area contributed by atoms with E-state index in [1.54, 1.807) is 25.1 Å². The minimum Gasteiger partial charge on any atom is -0.462 e. The maximum atomic E-state index is 12.1. The standard InChI is InChI=1S/C20H25N3O6S/c1-3-28-19(27)14-10-11-15-16(12-14)30-20(21-15)22-17(25)8-6-4-5-7-9-18(26)23-29-13(2)24/h10-12H,3-9H2,1-2H3,(H,23,26)(H,21,22,25). The van der Waals surface area contributed by atoms with E-state index in [2.05, 4.69) is 20.6 Å². The second-order valence-corrected chi connectivity index (χ2v) is 7.53. The molecule has 2 aromatic rings. The van der Waals surface area contributed by atoms with Crippen LogP contribution in [0.3, 0.4) is 0 Å². The zero-order valence-corrected chi connectivity index (χ0v) is 17.8. The molecular weight excluding hydrogens is 410 g/mol. The lowest BCUT2D eigenvalue weighted by atomic mass is 10.1. The Morgan fingerprint density at radius 2 is 1.73 bits per heavy atom. The molecule has 0 aliphatic carbocycles. The van der Waals surface area contributed by atoms with E-state index in [4.69, 9.17) is 4.74 Å². The molecule has 0 spiro atoms. The van der Waals surface area contributed by atoms with Crippen molar-refractivity contribution in [3.05, 3.63) is 23.8 Å². The highest BCUT2D eigenvalue weighted by molar-refractivity contribution is 7.22. The number of anilines is 1. The average molecular weight is 436 g/mol. The molecule has 0 atom stereocenters. The molecule has 10 heteroatoms. The number of aromatic nitrogens is 1. The number of ether oxygens (including phenoxy) is 1. The minimum absolute atomic E-state index is 0.132. The highest BCUT2D eigenvalue weighted by Gasteiger charge is 2.12. The summed E-state index contributed by atoms with van der Waals surface area (Å²) >= 11 is 1.30. The number of hydroxylamine groups is 1. The van der Waals surface area contributed by atoms with Gasteiger partial charge in [0.25, 0.3) is 5.91 Å². The molecule has 0 unspecified atom stereocenters. The number of carbonyl (C=O) groups is 4. The van der Waals surface area contributed by atoms with E-state index in [0.717, 1.165) is 17.5 Å². The van der Waals surface area contributed by atoms with Crippen LogP contribution in [0, 0.1) is 0 Å². The van der Waals surface area contributed by atoms with E-state index in [-0.39, 0.29) is 24.2 Å². The summed E-state index contributed by atoms with van der Waals surface area (Å²) in [5.74, 6) is -1.43. The maximum absolute atomic E-state index is 12.1. The summed E-state index contributed by atoms with van der Waals surface area (Å²) in [5.41, 5.74) is 3.22. The fourth-order valence-electron chi connectivity index (χ4n) is 2.61. The summed E-state index contributed by atoms with van der Waals surface area (Å²) in [5, 5.41) is 3.27. The highest BCUT2D eigenvalue weighted by Crippen LogP contribution is 2.27. The van der Waals surface area contributed by atoms with Gasteiger partial charge in [0.05, 0.1) is 22.4 Å². The molecule has 1 aromatic heterocycles. The van der Waals surface area contributed by atoms with Gasteiger partial charge in [-0.15, -0.1) is 0 Å². The normalized spacial score (nSPS) is 10.5. The van der Waals surface area contributed by atoms with Gasteiger partial charge in [0.1, 0.15) is 0 Å². The van der Waals surface area contributed by atoms with Crippen molar-refractivity contribution in [3.8, 4) is 0 Å². The summed E-state index contributed by atoms with van der Waals surface area (Å²) in [6.45, 7) is 3.27. The lowest BCUT2D eigenvalue weighted by Crippen LogP contribution is -2.25. The SMILES string of the molecule is CCOC(=O)c1ccc2nc(NC(=O)CCCCCCC(=O)NOC(C)=O)sc2c1. The highest BCUT2D eigenvalue weighted by atomic mass is 32.1. The molecule has 2 rings (SSSR count). The lowest BCUT2D eigenvalue weighted by molar-refractivity contribution is -0.156. The topological polar surface area (TPSA) is 124 Å². The zero-order chi connectivity index (χ0) is 21.9. The molecule has 0 aliphatic heterocycles. The Labute approximate surface area is 178 Å². The van der Waals surface area contributed by atoms with Gasteiger partial charge in [-0.1, -0.05) is 24.2 Å². The van der Waals surface area contributed by atoms with Gasteiger partial charge in [0.2, 0.25) is 5.91 Å². The molecule has 0 fully saturated rings. The van der Waals surface area contributed by atoms with Crippen molar-refractivity contribution in [1.29, 1.82) is 0 Å². The fraction of sp³-hybridized carbons (Fsp3) is 0.450. The Balaban J connectivity index is 1.69. The van der Waals surface area contributed by atoms with Crippen molar-refractivity contribution in [3.63, 3.8) is 0 Å². The number of unbranched alkanes of at least 4 members (excludes halogenated alkanes) is 3. The summed E-state index contributed by atoms with van der Waals surface area (Å²) in [6, 6.07) is 5.09. The molecular formula is C20H25N3O6S. The molecule has 2 N–H and O–H groups in total. The van der Waals surface area contributed by atoms with Crippen molar-refractivity contribution in [2.24, 2.45) is 0 Å². The number of carbonyl (C=O) groups excluding carboxylic acids is 4. The molecule has 0 saturated heterocycles. The number of hydrogen-bond acceptors (Lipinski definition) is 8. The quantitative estimate of drug-likeness (QED) is 0.333. The van der Waals surface area contributed by atoms with Gasteiger partial charge >= 0.3 is 11.9 Å². The Morgan fingerprint density at radius 3 is 2.40 bits per heavy atom. The van der Waals surface area contributed by atoms with Crippen LogP contribution in [-0.2, 0) is 24.0 Å². The van der Waals surface area contributed by atoms with Crippen molar-refractivity contribution in [2.45, 2.75) is 52.4 Å². The fourth-order valence-corrected chi connectivity index (χ4v) is 3.53. The van der Waals surface area contributed by atoms with Gasteiger partial charge in [0.15, 0.2) is 5.13 Å². The van der Waals surface area contributed by atoms with Gasteiger partial charge in [-0.05, 0) is 38.0 Å². The predicted molar refractivity (Wildman–Crippen MR) is 112 cm³/mol. The Kier molecular flexibility index (Phi) is 9.20. The number of hydrogen-bond donors (Lipinski definition) is 2.